The lowest BCUT2D eigenvalue weighted by atomic mass is 10.2. The molecule has 1 aliphatic rings. The standard InChI is InChI=1S/C22H19ClN4O3S/c23-15-5-3-14(4-6-15)18-12-16-20(31-18)21(28)25-19(24-16)13-26-7-9-27(10-8-26)22(29)17-2-1-11-30-17/h1-6,11-12H,7-10,13H2,(H,24,25,28). The Balaban J connectivity index is 1.29. The fourth-order valence-corrected chi connectivity index (χ4v) is 4.82. The zero-order valence-corrected chi connectivity index (χ0v) is 18.1. The minimum absolute atomic E-state index is 0.0920. The van der Waals surface area contributed by atoms with Crippen molar-refractivity contribution in [3.63, 3.8) is 0 Å². The van der Waals surface area contributed by atoms with Crippen molar-refractivity contribution in [3.8, 4) is 10.4 Å². The molecule has 3 aromatic heterocycles. The number of carbonyl (C=O) groups is 1. The molecule has 5 rings (SSSR count). The van der Waals surface area contributed by atoms with Crippen molar-refractivity contribution in [2.24, 2.45) is 0 Å². The summed E-state index contributed by atoms with van der Waals surface area (Å²) in [5.74, 6) is 0.896. The number of rotatable bonds is 4. The minimum atomic E-state index is -0.128. The number of nitrogens with one attached hydrogen (secondary N) is 1. The van der Waals surface area contributed by atoms with Crippen molar-refractivity contribution >= 4 is 39.1 Å². The molecule has 0 aliphatic carbocycles. The van der Waals surface area contributed by atoms with E-state index in [1.165, 1.54) is 17.6 Å². The van der Waals surface area contributed by atoms with Crippen LogP contribution < -0.4 is 5.56 Å². The number of H-pyrrole nitrogens is 1. The van der Waals surface area contributed by atoms with Gasteiger partial charge in [-0.25, -0.2) is 4.98 Å². The summed E-state index contributed by atoms with van der Waals surface area (Å²) in [5, 5.41) is 0.675. The van der Waals surface area contributed by atoms with E-state index in [-0.39, 0.29) is 11.5 Å². The van der Waals surface area contributed by atoms with E-state index in [2.05, 4.69) is 14.9 Å². The number of piperazine rings is 1. The number of benzene rings is 1. The van der Waals surface area contributed by atoms with Gasteiger partial charge >= 0.3 is 0 Å². The van der Waals surface area contributed by atoms with Crippen LogP contribution in [0.5, 0.6) is 0 Å². The van der Waals surface area contributed by atoms with E-state index in [0.29, 0.717) is 59.5 Å². The van der Waals surface area contributed by atoms with E-state index in [1.54, 1.807) is 17.0 Å². The third-order valence-electron chi connectivity index (χ3n) is 5.33. The molecule has 4 aromatic rings. The Kier molecular flexibility index (Phi) is 5.35. The zero-order chi connectivity index (χ0) is 21.4. The molecule has 4 heterocycles. The average molecular weight is 455 g/mol. The first-order chi connectivity index (χ1) is 15.1. The Morgan fingerprint density at radius 1 is 1.16 bits per heavy atom. The van der Waals surface area contributed by atoms with Gasteiger partial charge < -0.3 is 14.3 Å². The quantitative estimate of drug-likeness (QED) is 0.506. The predicted octanol–water partition coefficient (Wildman–Crippen LogP) is 3.86. The summed E-state index contributed by atoms with van der Waals surface area (Å²) in [6.07, 6.45) is 1.50. The van der Waals surface area contributed by atoms with Crippen LogP contribution in [0.15, 0.2) is 57.9 Å². The maximum atomic E-state index is 12.6. The molecular weight excluding hydrogens is 436 g/mol. The number of amides is 1. The zero-order valence-electron chi connectivity index (χ0n) is 16.5. The number of fused-ring (bicyclic) bond motifs is 1. The molecule has 0 spiro atoms. The third-order valence-corrected chi connectivity index (χ3v) is 6.75. The molecule has 0 radical (unpaired) electrons. The van der Waals surface area contributed by atoms with Crippen LogP contribution in [0.2, 0.25) is 5.02 Å². The number of halogens is 1. The van der Waals surface area contributed by atoms with Crippen LogP contribution >= 0.6 is 22.9 Å². The third kappa shape index (κ3) is 4.14. The lowest BCUT2D eigenvalue weighted by molar-refractivity contribution is 0.0595. The first kappa shape index (κ1) is 20.0. The fourth-order valence-electron chi connectivity index (χ4n) is 3.70. The van der Waals surface area contributed by atoms with Gasteiger partial charge in [-0.15, -0.1) is 11.3 Å². The lowest BCUT2D eigenvalue weighted by Crippen LogP contribution is -2.48. The van der Waals surface area contributed by atoms with Gasteiger partial charge in [0.05, 0.1) is 18.3 Å². The van der Waals surface area contributed by atoms with E-state index in [4.69, 9.17) is 16.0 Å². The molecule has 1 amide bonds. The molecule has 7 nitrogen and oxygen atoms in total. The Morgan fingerprint density at radius 2 is 1.94 bits per heavy atom. The Labute approximate surface area is 186 Å². The van der Waals surface area contributed by atoms with Crippen LogP contribution in [0.3, 0.4) is 0 Å². The number of hydrogen-bond acceptors (Lipinski definition) is 6. The number of hydrogen-bond donors (Lipinski definition) is 1. The summed E-state index contributed by atoms with van der Waals surface area (Å²) in [5.41, 5.74) is 1.57. The number of carbonyl (C=O) groups excluding carboxylic acids is 1. The highest BCUT2D eigenvalue weighted by molar-refractivity contribution is 7.22. The van der Waals surface area contributed by atoms with Crippen LogP contribution in [0.25, 0.3) is 20.7 Å². The van der Waals surface area contributed by atoms with Gasteiger partial charge in [-0.05, 0) is 35.9 Å². The van der Waals surface area contributed by atoms with Crippen molar-refractivity contribution < 1.29 is 9.21 Å². The molecule has 9 heteroatoms. The van der Waals surface area contributed by atoms with Gasteiger partial charge in [0.25, 0.3) is 11.5 Å². The van der Waals surface area contributed by atoms with Crippen molar-refractivity contribution in [2.45, 2.75) is 6.54 Å². The van der Waals surface area contributed by atoms with Crippen molar-refractivity contribution in [3.05, 3.63) is 75.7 Å². The number of nitrogens with zero attached hydrogens (tertiary/aromatic N) is 3. The summed E-state index contributed by atoms with van der Waals surface area (Å²) in [6.45, 7) is 3.14. The highest BCUT2D eigenvalue weighted by Crippen LogP contribution is 2.31. The van der Waals surface area contributed by atoms with E-state index in [0.717, 1.165) is 10.4 Å². The average Bonchev–Trinajstić information content (AvgIpc) is 3.45. The van der Waals surface area contributed by atoms with E-state index >= 15 is 0 Å². The van der Waals surface area contributed by atoms with E-state index in [1.807, 2.05) is 30.3 Å². The summed E-state index contributed by atoms with van der Waals surface area (Å²) in [6, 6.07) is 12.9. The summed E-state index contributed by atoms with van der Waals surface area (Å²) in [7, 11) is 0. The maximum absolute atomic E-state index is 12.6. The number of aromatic amines is 1. The number of thiophene rings is 1. The monoisotopic (exact) mass is 454 g/mol. The summed E-state index contributed by atoms with van der Waals surface area (Å²) in [4.78, 5) is 37.6. The highest BCUT2D eigenvalue weighted by Gasteiger charge is 2.24. The molecule has 0 saturated carbocycles. The number of aromatic nitrogens is 2. The molecule has 0 atom stereocenters. The maximum Gasteiger partial charge on any atom is 0.289 e. The van der Waals surface area contributed by atoms with E-state index < -0.39 is 0 Å². The van der Waals surface area contributed by atoms with Gasteiger partial charge in [-0.1, -0.05) is 23.7 Å². The second kappa shape index (κ2) is 8.30. The first-order valence-corrected chi connectivity index (χ1v) is 11.1. The smallest absolute Gasteiger partial charge is 0.289 e. The summed E-state index contributed by atoms with van der Waals surface area (Å²) < 4.78 is 5.82. The topological polar surface area (TPSA) is 82.4 Å². The highest BCUT2D eigenvalue weighted by atomic mass is 35.5. The molecular formula is C22H19ClN4O3S. The molecule has 31 heavy (non-hydrogen) atoms. The van der Waals surface area contributed by atoms with Gasteiger partial charge in [-0.3, -0.25) is 14.5 Å². The van der Waals surface area contributed by atoms with Gasteiger partial charge in [0.15, 0.2) is 5.76 Å². The number of furan rings is 1. The Bertz CT molecular complexity index is 1270. The summed E-state index contributed by atoms with van der Waals surface area (Å²) >= 11 is 7.40. The van der Waals surface area contributed by atoms with Crippen molar-refractivity contribution in [1.29, 1.82) is 0 Å². The SMILES string of the molecule is O=C(c1ccco1)N1CCN(Cc2nc3cc(-c4ccc(Cl)cc4)sc3c(=O)[nH]2)CC1. The largest absolute Gasteiger partial charge is 0.459 e. The van der Waals surface area contributed by atoms with Gasteiger partial charge in [-0.2, -0.15) is 0 Å². The fraction of sp³-hybridized carbons (Fsp3) is 0.227. The van der Waals surface area contributed by atoms with Crippen LogP contribution in [-0.2, 0) is 6.54 Å². The van der Waals surface area contributed by atoms with Crippen LogP contribution in [0, 0.1) is 0 Å². The molecule has 158 valence electrons. The molecule has 0 bridgehead atoms. The van der Waals surface area contributed by atoms with Crippen LogP contribution in [0.1, 0.15) is 16.4 Å². The van der Waals surface area contributed by atoms with E-state index in [9.17, 15) is 9.59 Å². The minimum Gasteiger partial charge on any atom is -0.459 e. The first-order valence-electron chi connectivity index (χ1n) is 9.90. The lowest BCUT2D eigenvalue weighted by Gasteiger charge is -2.33. The molecule has 0 unspecified atom stereocenters. The molecule has 1 aromatic carbocycles. The second-order valence-corrected chi connectivity index (χ2v) is 8.88. The molecule has 1 aliphatic heterocycles. The van der Waals surface area contributed by atoms with Crippen LogP contribution in [-0.4, -0.2) is 51.9 Å². The normalized spacial score (nSPS) is 14.9. The van der Waals surface area contributed by atoms with Crippen molar-refractivity contribution in [2.75, 3.05) is 26.2 Å². The second-order valence-electron chi connectivity index (χ2n) is 7.39. The van der Waals surface area contributed by atoms with Gasteiger partial charge in [0.1, 0.15) is 10.5 Å². The predicted molar refractivity (Wildman–Crippen MR) is 121 cm³/mol. The van der Waals surface area contributed by atoms with Gasteiger partial charge in [0.2, 0.25) is 0 Å². The molecule has 1 N–H and O–H groups in total. The molecule has 1 saturated heterocycles. The Hall–Kier alpha value is -2.94. The molecule has 1 fully saturated rings. The van der Waals surface area contributed by atoms with Crippen molar-refractivity contribution in [1.82, 2.24) is 19.8 Å². The Morgan fingerprint density at radius 3 is 2.65 bits per heavy atom. The van der Waals surface area contributed by atoms with Crippen LogP contribution in [0.4, 0.5) is 0 Å². The van der Waals surface area contributed by atoms with Gasteiger partial charge in [0, 0.05) is 36.1 Å².